The van der Waals surface area contributed by atoms with E-state index >= 15 is 0 Å². The van der Waals surface area contributed by atoms with Crippen LogP contribution < -0.4 is 16.0 Å². The fourth-order valence-corrected chi connectivity index (χ4v) is 4.07. The van der Waals surface area contributed by atoms with Crippen LogP contribution in [-0.2, 0) is 0 Å². The second kappa shape index (κ2) is 12.0. The summed E-state index contributed by atoms with van der Waals surface area (Å²) in [7, 11) is 0. The number of aromatic nitrogens is 1. The van der Waals surface area contributed by atoms with Crippen molar-refractivity contribution in [3.63, 3.8) is 0 Å². The van der Waals surface area contributed by atoms with Gasteiger partial charge in [-0.2, -0.15) is 0 Å². The normalized spacial score (nSPS) is 13.8. The zero-order valence-corrected chi connectivity index (χ0v) is 19.3. The Bertz CT molecular complexity index is 1100. The summed E-state index contributed by atoms with van der Waals surface area (Å²) in [6, 6.07) is 18.1. The van der Waals surface area contributed by atoms with Crippen LogP contribution in [0.1, 0.15) is 46.4 Å². The molecule has 3 N–H and O–H groups in total. The highest BCUT2D eigenvalue weighted by atomic mass is 16.2. The van der Waals surface area contributed by atoms with Crippen LogP contribution in [0.15, 0.2) is 73.1 Å². The Kier molecular flexibility index (Phi) is 8.24. The Morgan fingerprint density at radius 1 is 0.794 bits per heavy atom. The van der Waals surface area contributed by atoms with Crippen LogP contribution in [0.5, 0.6) is 0 Å². The molecule has 0 spiro atoms. The minimum Gasteiger partial charge on any atom is -0.355 e. The molecule has 2 aromatic carbocycles. The second-order valence-corrected chi connectivity index (χ2v) is 8.49. The average molecular weight is 458 g/mol. The molecular weight excluding hydrogens is 426 g/mol. The highest BCUT2D eigenvalue weighted by Crippen LogP contribution is 2.20. The summed E-state index contributed by atoms with van der Waals surface area (Å²) in [5.41, 5.74) is 3.38. The Labute approximate surface area is 200 Å². The summed E-state index contributed by atoms with van der Waals surface area (Å²) < 4.78 is 0. The van der Waals surface area contributed by atoms with E-state index in [2.05, 4.69) is 25.8 Å². The third-order valence-corrected chi connectivity index (χ3v) is 5.86. The number of nitrogens with zero attached hydrogens (tertiary/aromatic N) is 2. The summed E-state index contributed by atoms with van der Waals surface area (Å²) in [5, 5.41) is 9.17. The number of carbonyl (C=O) groups excluding carboxylic acids is 2. The van der Waals surface area contributed by atoms with Crippen molar-refractivity contribution in [2.75, 3.05) is 36.8 Å². The number of hydrogen-bond donors (Lipinski definition) is 3. The van der Waals surface area contributed by atoms with Crippen molar-refractivity contribution in [1.82, 2.24) is 15.2 Å². The summed E-state index contributed by atoms with van der Waals surface area (Å²) in [6.07, 6.45) is 8.12. The first-order valence-electron chi connectivity index (χ1n) is 11.9. The number of nitrogens with one attached hydrogen (secondary N) is 3. The second-order valence-electron chi connectivity index (χ2n) is 8.49. The van der Waals surface area contributed by atoms with E-state index in [1.54, 1.807) is 36.7 Å². The van der Waals surface area contributed by atoms with Crippen LogP contribution in [0.2, 0.25) is 0 Å². The predicted octanol–water partition coefficient (Wildman–Crippen LogP) is 4.68. The molecule has 0 saturated carbocycles. The Hall–Kier alpha value is -3.71. The van der Waals surface area contributed by atoms with Crippen LogP contribution in [0, 0.1) is 0 Å². The quantitative estimate of drug-likeness (QED) is 0.406. The van der Waals surface area contributed by atoms with Gasteiger partial charge in [0.05, 0.1) is 0 Å². The van der Waals surface area contributed by atoms with E-state index < -0.39 is 0 Å². The van der Waals surface area contributed by atoms with Crippen LogP contribution in [-0.4, -0.2) is 47.9 Å². The minimum absolute atomic E-state index is 0.0761. The van der Waals surface area contributed by atoms with Gasteiger partial charge in [-0.15, -0.1) is 0 Å². The number of piperidine rings is 1. The van der Waals surface area contributed by atoms with Gasteiger partial charge in [-0.05, 0) is 87.4 Å². The molecule has 0 atom stereocenters. The van der Waals surface area contributed by atoms with E-state index in [0.29, 0.717) is 23.4 Å². The molecule has 3 aromatic rings. The largest absolute Gasteiger partial charge is 0.355 e. The highest BCUT2D eigenvalue weighted by Gasteiger charge is 2.11. The van der Waals surface area contributed by atoms with Crippen molar-refractivity contribution >= 4 is 28.9 Å². The van der Waals surface area contributed by atoms with Gasteiger partial charge in [0.25, 0.3) is 11.8 Å². The minimum atomic E-state index is -0.201. The number of carbonyl (C=O) groups is 2. The molecule has 1 fully saturated rings. The SMILES string of the molecule is O=C(NCCCN1CCCCC1)c1cccc(Nc2cccc(C(=O)Nc3ccncc3)c2)c1. The summed E-state index contributed by atoms with van der Waals surface area (Å²) >= 11 is 0. The van der Waals surface area contributed by atoms with Gasteiger partial charge < -0.3 is 20.9 Å². The Morgan fingerprint density at radius 3 is 2.12 bits per heavy atom. The maximum Gasteiger partial charge on any atom is 0.255 e. The van der Waals surface area contributed by atoms with Gasteiger partial charge in [-0.3, -0.25) is 14.6 Å². The zero-order chi connectivity index (χ0) is 23.6. The third kappa shape index (κ3) is 6.89. The van der Waals surface area contributed by atoms with Crippen LogP contribution in [0.3, 0.4) is 0 Å². The Morgan fingerprint density at radius 2 is 1.44 bits per heavy atom. The monoisotopic (exact) mass is 457 g/mol. The third-order valence-electron chi connectivity index (χ3n) is 5.86. The van der Waals surface area contributed by atoms with Gasteiger partial charge in [0, 0.05) is 47.1 Å². The molecule has 7 heteroatoms. The first-order chi connectivity index (χ1) is 16.7. The fraction of sp³-hybridized carbons (Fsp3) is 0.296. The number of anilines is 3. The number of pyridine rings is 1. The van der Waals surface area contributed by atoms with Crippen molar-refractivity contribution in [2.45, 2.75) is 25.7 Å². The van der Waals surface area contributed by atoms with E-state index in [1.165, 1.54) is 32.4 Å². The van der Waals surface area contributed by atoms with Gasteiger partial charge in [0.1, 0.15) is 0 Å². The van der Waals surface area contributed by atoms with E-state index in [1.807, 2.05) is 36.4 Å². The lowest BCUT2D eigenvalue weighted by molar-refractivity contribution is 0.0950. The maximum atomic E-state index is 12.6. The molecule has 0 unspecified atom stereocenters. The molecule has 7 nitrogen and oxygen atoms in total. The van der Waals surface area contributed by atoms with Crippen molar-refractivity contribution in [2.24, 2.45) is 0 Å². The molecule has 4 rings (SSSR count). The molecule has 1 aliphatic heterocycles. The number of rotatable bonds is 9. The molecule has 34 heavy (non-hydrogen) atoms. The van der Waals surface area contributed by atoms with Gasteiger partial charge in [0.15, 0.2) is 0 Å². The number of amides is 2. The summed E-state index contributed by atoms with van der Waals surface area (Å²) in [5.74, 6) is -0.277. The Balaban J connectivity index is 1.30. The molecular formula is C27H31N5O2. The van der Waals surface area contributed by atoms with E-state index in [9.17, 15) is 9.59 Å². The number of likely N-dealkylation sites (tertiary alicyclic amines) is 1. The van der Waals surface area contributed by atoms with Gasteiger partial charge >= 0.3 is 0 Å². The maximum absolute atomic E-state index is 12.6. The fourth-order valence-electron chi connectivity index (χ4n) is 4.07. The van der Waals surface area contributed by atoms with Gasteiger partial charge in [-0.25, -0.2) is 0 Å². The van der Waals surface area contributed by atoms with Crippen LogP contribution >= 0.6 is 0 Å². The number of hydrogen-bond acceptors (Lipinski definition) is 5. The molecule has 0 radical (unpaired) electrons. The van der Waals surface area contributed by atoms with Crippen molar-refractivity contribution in [3.8, 4) is 0 Å². The van der Waals surface area contributed by atoms with E-state index in [4.69, 9.17) is 0 Å². The lowest BCUT2D eigenvalue weighted by atomic mass is 10.1. The van der Waals surface area contributed by atoms with Gasteiger partial charge in [-0.1, -0.05) is 18.6 Å². The standard InChI is InChI=1S/C27H31N5O2/c33-26(29-13-6-18-32-16-2-1-3-17-32)21-7-4-9-24(19-21)30-25-10-5-8-22(20-25)27(34)31-23-11-14-28-15-12-23/h4-5,7-12,14-15,19-20,30H,1-3,6,13,16-18H2,(H,29,33)(H,28,31,34). The van der Waals surface area contributed by atoms with Crippen molar-refractivity contribution in [1.29, 1.82) is 0 Å². The molecule has 1 saturated heterocycles. The molecule has 176 valence electrons. The average Bonchev–Trinajstić information content (AvgIpc) is 2.88. The molecule has 1 aliphatic rings. The van der Waals surface area contributed by atoms with E-state index in [-0.39, 0.29) is 11.8 Å². The summed E-state index contributed by atoms with van der Waals surface area (Å²) in [4.78, 5) is 31.6. The highest BCUT2D eigenvalue weighted by molar-refractivity contribution is 6.04. The van der Waals surface area contributed by atoms with Crippen LogP contribution in [0.4, 0.5) is 17.1 Å². The molecule has 1 aromatic heterocycles. The first kappa shape index (κ1) is 23.4. The smallest absolute Gasteiger partial charge is 0.255 e. The van der Waals surface area contributed by atoms with E-state index in [0.717, 1.165) is 24.3 Å². The molecule has 0 aliphatic carbocycles. The molecule has 2 amide bonds. The molecule has 0 bridgehead atoms. The zero-order valence-electron chi connectivity index (χ0n) is 19.3. The number of benzene rings is 2. The topological polar surface area (TPSA) is 86.4 Å². The van der Waals surface area contributed by atoms with Gasteiger partial charge in [0.2, 0.25) is 0 Å². The van der Waals surface area contributed by atoms with Crippen LogP contribution in [0.25, 0.3) is 0 Å². The van der Waals surface area contributed by atoms with Crippen molar-refractivity contribution in [3.05, 3.63) is 84.2 Å². The van der Waals surface area contributed by atoms with Crippen molar-refractivity contribution < 1.29 is 9.59 Å². The lowest BCUT2D eigenvalue weighted by Crippen LogP contribution is -2.33. The summed E-state index contributed by atoms with van der Waals surface area (Å²) in [6.45, 7) is 4.05. The molecule has 2 heterocycles. The first-order valence-corrected chi connectivity index (χ1v) is 11.9. The lowest BCUT2D eigenvalue weighted by Gasteiger charge is -2.26. The predicted molar refractivity (Wildman–Crippen MR) is 136 cm³/mol.